The van der Waals surface area contributed by atoms with E-state index in [0.29, 0.717) is 0 Å². The van der Waals surface area contributed by atoms with Gasteiger partial charge in [-0.25, -0.2) is 0 Å². The second kappa shape index (κ2) is 29.7. The second-order valence-corrected chi connectivity index (χ2v) is 31.9. The Hall–Kier alpha value is -15.4. The van der Waals surface area contributed by atoms with Crippen molar-refractivity contribution in [1.29, 1.82) is 0 Å². The van der Waals surface area contributed by atoms with Gasteiger partial charge in [0.05, 0.1) is 33.1 Å². The summed E-state index contributed by atoms with van der Waals surface area (Å²) in [6, 6.07) is 159. The van der Waals surface area contributed by atoms with E-state index in [4.69, 9.17) is 0 Å². The van der Waals surface area contributed by atoms with Crippen molar-refractivity contribution in [3.05, 3.63) is 453 Å². The number of fused-ring (bicyclic) bond motifs is 15. The van der Waals surface area contributed by atoms with E-state index in [2.05, 4.69) is 471 Å². The molecule has 3 aromatic heterocycles. The molecule has 3 heteroatoms. The zero-order valence-corrected chi connectivity index (χ0v) is 66.9. The van der Waals surface area contributed by atoms with E-state index in [-0.39, 0.29) is 0 Å². The van der Waals surface area contributed by atoms with Gasteiger partial charge in [-0.05, 0) is 225 Å². The lowest BCUT2D eigenvalue weighted by atomic mass is 9.85. The molecule has 120 heavy (non-hydrogen) atoms. The van der Waals surface area contributed by atoms with Crippen molar-refractivity contribution in [2.75, 3.05) is 0 Å². The van der Waals surface area contributed by atoms with Crippen LogP contribution in [0.3, 0.4) is 0 Å². The number of aromatic nitrogens is 3. The summed E-state index contributed by atoms with van der Waals surface area (Å²) in [5.41, 5.74) is 29.9. The maximum absolute atomic E-state index is 2.41. The maximum Gasteiger partial charge on any atom is 0.0541 e. The Morgan fingerprint density at radius 1 is 0.125 bits per heavy atom. The van der Waals surface area contributed by atoms with Crippen molar-refractivity contribution in [1.82, 2.24) is 13.7 Å². The van der Waals surface area contributed by atoms with E-state index in [1.165, 1.54) is 231 Å². The van der Waals surface area contributed by atoms with Gasteiger partial charge in [0, 0.05) is 49.4 Å². The quantitative estimate of drug-likeness (QED) is 0.128. The molecule has 0 N–H and O–H groups in total. The number of rotatable bonds is 9. The molecule has 0 unspecified atom stereocenters. The highest BCUT2D eigenvalue weighted by Crippen LogP contribution is 2.49. The Bertz CT molecular complexity index is 7840. The molecular formula is C117H81N3. The number of aryl methyl sites for hydroxylation is 3. The average Bonchev–Trinajstić information content (AvgIpc) is 1.21. The van der Waals surface area contributed by atoms with Crippen LogP contribution in [0, 0.1) is 20.8 Å². The molecule has 0 aliphatic carbocycles. The maximum atomic E-state index is 2.41. The lowest BCUT2D eigenvalue weighted by Crippen LogP contribution is -1.95. The standard InChI is InChI=1S/C40H29N.C39H27N.C38H25N/c1-26-22-27(2)24-29(23-26)40-35-18-5-3-16-33(35)39(34-17-4-6-19-36(34)40)28-12-11-13-30(25-28)41-37-20-9-7-14-31(37)32-15-8-10-21-38(32)41;1-26-21-23-27(24-22-26)38-32-15-2-4-17-34(32)39(35-18-5-3-16-33(35)38)28-11-10-12-29(25-28)40-36-19-8-6-13-30(36)31-14-7-9-20-37(31)40;1-2-13-26(14-3-1)37-31-19-4-6-21-33(31)38(34-22-7-5-20-32(34)37)27-15-12-16-28(25-27)39-35-23-10-8-17-29(35)30-18-9-11-24-36(30)39/h3-25H,1-2H3;2-25H,1H3;1-25H. The molecule has 3 heterocycles. The zero-order valence-electron chi connectivity index (χ0n) is 66.9. The fourth-order valence-corrected chi connectivity index (χ4v) is 19.7. The molecule has 0 aliphatic rings. The van der Waals surface area contributed by atoms with Crippen molar-refractivity contribution >= 4 is 130 Å². The first-order valence-electron chi connectivity index (χ1n) is 41.6. The fraction of sp³-hybridized carbons (Fsp3) is 0.0256. The molecule has 3 nitrogen and oxygen atoms in total. The van der Waals surface area contributed by atoms with E-state index in [1.54, 1.807) is 0 Å². The summed E-state index contributed by atoms with van der Waals surface area (Å²) in [6.45, 7) is 6.53. The van der Waals surface area contributed by atoms with Crippen LogP contribution < -0.4 is 0 Å². The van der Waals surface area contributed by atoms with Gasteiger partial charge < -0.3 is 13.7 Å². The Balaban J connectivity index is 0.000000108. The monoisotopic (exact) mass is 1530 g/mol. The molecule has 0 saturated heterocycles. The second-order valence-electron chi connectivity index (χ2n) is 31.9. The zero-order chi connectivity index (χ0) is 79.9. The largest absolute Gasteiger partial charge is 0.309 e. The summed E-state index contributed by atoms with van der Waals surface area (Å²) in [7, 11) is 0. The molecule has 0 saturated carbocycles. The summed E-state index contributed by atoms with van der Waals surface area (Å²) in [5.74, 6) is 0. The van der Waals surface area contributed by atoms with E-state index in [0.717, 1.165) is 0 Å². The minimum atomic E-state index is 1.17. The van der Waals surface area contributed by atoms with Crippen LogP contribution in [0.5, 0.6) is 0 Å². The van der Waals surface area contributed by atoms with E-state index in [9.17, 15) is 0 Å². The van der Waals surface area contributed by atoms with Crippen molar-refractivity contribution in [3.63, 3.8) is 0 Å². The smallest absolute Gasteiger partial charge is 0.0541 e. The lowest BCUT2D eigenvalue weighted by Gasteiger charge is -2.19. The van der Waals surface area contributed by atoms with Crippen LogP contribution in [0.4, 0.5) is 0 Å². The molecule has 0 bridgehead atoms. The van der Waals surface area contributed by atoms with Gasteiger partial charge in [0.15, 0.2) is 0 Å². The molecule has 564 valence electrons. The summed E-state index contributed by atoms with van der Waals surface area (Å²) >= 11 is 0. The predicted octanol–water partition coefficient (Wildman–Crippen LogP) is 32.2. The minimum Gasteiger partial charge on any atom is -0.309 e. The van der Waals surface area contributed by atoms with Gasteiger partial charge >= 0.3 is 0 Å². The van der Waals surface area contributed by atoms with E-state index >= 15 is 0 Å². The molecule has 0 atom stereocenters. The van der Waals surface area contributed by atoms with Gasteiger partial charge in [-0.3, -0.25) is 0 Å². The summed E-state index contributed by atoms with van der Waals surface area (Å²) in [5, 5.41) is 23.0. The summed E-state index contributed by atoms with van der Waals surface area (Å²) in [6.07, 6.45) is 0. The van der Waals surface area contributed by atoms with Crippen molar-refractivity contribution < 1.29 is 0 Å². The van der Waals surface area contributed by atoms with Gasteiger partial charge in [-0.15, -0.1) is 0 Å². The van der Waals surface area contributed by atoms with Crippen LogP contribution >= 0.6 is 0 Å². The first-order valence-corrected chi connectivity index (χ1v) is 41.6. The number of para-hydroxylation sites is 6. The molecule has 0 radical (unpaired) electrons. The molecule has 0 fully saturated rings. The summed E-state index contributed by atoms with van der Waals surface area (Å²) < 4.78 is 7.21. The minimum absolute atomic E-state index is 1.17. The lowest BCUT2D eigenvalue weighted by molar-refractivity contribution is 1.18. The Labute approximate surface area is 697 Å². The predicted molar refractivity (Wildman–Crippen MR) is 514 cm³/mol. The highest BCUT2D eigenvalue weighted by molar-refractivity contribution is 6.25. The molecule has 24 rings (SSSR count). The fourth-order valence-electron chi connectivity index (χ4n) is 19.7. The van der Waals surface area contributed by atoms with Crippen molar-refractivity contribution in [2.45, 2.75) is 20.8 Å². The van der Waals surface area contributed by atoms with Gasteiger partial charge in [-0.1, -0.05) is 381 Å². The van der Waals surface area contributed by atoms with Gasteiger partial charge in [0.2, 0.25) is 0 Å². The number of benzene rings is 21. The highest BCUT2D eigenvalue weighted by Gasteiger charge is 2.24. The molecule has 0 spiro atoms. The third-order valence-electron chi connectivity index (χ3n) is 24.6. The normalized spacial score (nSPS) is 11.6. The molecule has 0 amide bonds. The SMILES string of the molecule is Cc1cc(C)cc(-c2c3ccccc3c(-c3cccc(-n4c5ccccc5c5ccccc54)c3)c3ccccc23)c1.Cc1ccc(-c2c3ccccc3c(-c3cccc(-n4c5ccccc5c5ccccc54)c3)c3ccccc23)cc1.c1ccc(-c2c3ccccc3c(-c3cccc(-n4c5ccccc5c5ccccc54)c3)c3ccccc23)cc1. The molecule has 0 aliphatic heterocycles. The van der Waals surface area contributed by atoms with Gasteiger partial charge in [0.25, 0.3) is 0 Å². The summed E-state index contributed by atoms with van der Waals surface area (Å²) in [4.78, 5) is 0. The highest BCUT2D eigenvalue weighted by atomic mass is 15.0. The number of hydrogen-bond acceptors (Lipinski definition) is 0. The van der Waals surface area contributed by atoms with E-state index < -0.39 is 0 Å². The van der Waals surface area contributed by atoms with Crippen LogP contribution in [0.1, 0.15) is 16.7 Å². The Morgan fingerprint density at radius 3 is 0.567 bits per heavy atom. The number of hydrogen-bond donors (Lipinski definition) is 0. The van der Waals surface area contributed by atoms with Crippen LogP contribution in [-0.4, -0.2) is 13.7 Å². The van der Waals surface area contributed by atoms with Crippen LogP contribution in [0.15, 0.2) is 437 Å². The molecule has 21 aromatic carbocycles. The third kappa shape index (κ3) is 12.0. The topological polar surface area (TPSA) is 14.8 Å². The Kier molecular flexibility index (Phi) is 17.6. The van der Waals surface area contributed by atoms with Crippen molar-refractivity contribution in [3.8, 4) is 83.8 Å². The molecule has 24 aromatic rings. The van der Waals surface area contributed by atoms with Gasteiger partial charge in [-0.2, -0.15) is 0 Å². The first-order chi connectivity index (χ1) is 59.3. The van der Waals surface area contributed by atoms with Crippen LogP contribution in [0.25, 0.3) is 214 Å². The first kappa shape index (κ1) is 71.1. The third-order valence-corrected chi connectivity index (χ3v) is 24.6. The van der Waals surface area contributed by atoms with E-state index in [1.807, 2.05) is 0 Å². The Morgan fingerprint density at radius 2 is 0.317 bits per heavy atom. The van der Waals surface area contributed by atoms with Crippen LogP contribution in [-0.2, 0) is 0 Å². The number of nitrogens with zero attached hydrogens (tertiary/aromatic N) is 3. The van der Waals surface area contributed by atoms with Gasteiger partial charge in [0.1, 0.15) is 0 Å². The molecular weight excluding hydrogens is 1450 g/mol. The average molecular weight is 1530 g/mol. The van der Waals surface area contributed by atoms with Crippen molar-refractivity contribution in [2.24, 2.45) is 0 Å². The van der Waals surface area contributed by atoms with Crippen LogP contribution in [0.2, 0.25) is 0 Å².